The lowest BCUT2D eigenvalue weighted by Crippen LogP contribution is -2.14. The van der Waals surface area contributed by atoms with Gasteiger partial charge in [0.15, 0.2) is 5.69 Å². The lowest BCUT2D eigenvalue weighted by molar-refractivity contribution is 0.102. The number of anilines is 1. The zero-order valence-corrected chi connectivity index (χ0v) is 15.6. The van der Waals surface area contributed by atoms with Gasteiger partial charge in [0.1, 0.15) is 0 Å². The molecule has 0 unspecified atom stereocenters. The van der Waals surface area contributed by atoms with Crippen molar-refractivity contribution in [2.45, 2.75) is 25.8 Å². The molecule has 0 saturated heterocycles. The zero-order valence-electron chi connectivity index (χ0n) is 15.6. The SMILES string of the molecule is O=C(Nc1cccc2ccccc12)c1nn(CCCCCF)c2ccccc12. The van der Waals surface area contributed by atoms with Gasteiger partial charge >= 0.3 is 0 Å². The van der Waals surface area contributed by atoms with Crippen molar-refractivity contribution in [3.8, 4) is 0 Å². The molecule has 1 heterocycles. The largest absolute Gasteiger partial charge is 0.320 e. The van der Waals surface area contributed by atoms with Crippen LogP contribution >= 0.6 is 0 Å². The molecular weight excluding hydrogens is 353 g/mol. The molecule has 0 aliphatic carbocycles. The third-order valence-corrected chi connectivity index (χ3v) is 4.91. The van der Waals surface area contributed by atoms with Crippen LogP contribution in [0.5, 0.6) is 0 Å². The highest BCUT2D eigenvalue weighted by Gasteiger charge is 2.17. The number of nitrogens with zero attached hydrogens (tertiary/aromatic N) is 2. The summed E-state index contributed by atoms with van der Waals surface area (Å²) in [6.45, 7) is 0.376. The van der Waals surface area contributed by atoms with Crippen LogP contribution in [0.1, 0.15) is 29.8 Å². The van der Waals surface area contributed by atoms with Crippen LogP contribution in [0.25, 0.3) is 21.7 Å². The Morgan fingerprint density at radius 2 is 1.64 bits per heavy atom. The smallest absolute Gasteiger partial charge is 0.276 e. The first-order valence-electron chi connectivity index (χ1n) is 9.58. The Kier molecular flexibility index (Phi) is 5.33. The molecule has 1 N–H and O–H groups in total. The molecule has 0 fully saturated rings. The van der Waals surface area contributed by atoms with E-state index in [1.54, 1.807) is 0 Å². The quantitative estimate of drug-likeness (QED) is 0.429. The number of benzene rings is 3. The van der Waals surface area contributed by atoms with Crippen molar-refractivity contribution in [1.29, 1.82) is 0 Å². The number of fused-ring (bicyclic) bond motifs is 2. The number of carbonyl (C=O) groups is 1. The molecule has 0 bridgehead atoms. The fourth-order valence-electron chi connectivity index (χ4n) is 3.51. The fraction of sp³-hybridized carbons (Fsp3) is 0.217. The number of carbonyl (C=O) groups excluding carboxylic acids is 1. The summed E-state index contributed by atoms with van der Waals surface area (Å²) in [7, 11) is 0. The summed E-state index contributed by atoms with van der Waals surface area (Å²) in [4.78, 5) is 13.0. The van der Waals surface area contributed by atoms with Gasteiger partial charge in [-0.3, -0.25) is 13.9 Å². The lowest BCUT2D eigenvalue weighted by atomic mass is 10.1. The molecule has 0 atom stereocenters. The number of hydrogen-bond donors (Lipinski definition) is 1. The van der Waals surface area contributed by atoms with Crippen molar-refractivity contribution in [2.24, 2.45) is 0 Å². The number of amides is 1. The minimum absolute atomic E-state index is 0.227. The first kappa shape index (κ1) is 18.2. The zero-order chi connectivity index (χ0) is 19.3. The predicted octanol–water partition coefficient (Wildman–Crippen LogP) is 5.58. The molecule has 1 amide bonds. The molecule has 0 aliphatic rings. The van der Waals surface area contributed by atoms with E-state index in [4.69, 9.17) is 0 Å². The van der Waals surface area contributed by atoms with Gasteiger partial charge in [-0.1, -0.05) is 54.6 Å². The van der Waals surface area contributed by atoms with E-state index in [1.165, 1.54) is 0 Å². The molecule has 1 aromatic heterocycles. The molecule has 3 aromatic carbocycles. The first-order valence-corrected chi connectivity index (χ1v) is 9.58. The van der Waals surface area contributed by atoms with E-state index < -0.39 is 0 Å². The highest BCUT2D eigenvalue weighted by molar-refractivity contribution is 6.13. The van der Waals surface area contributed by atoms with Crippen LogP contribution in [0.2, 0.25) is 0 Å². The van der Waals surface area contributed by atoms with E-state index in [0.29, 0.717) is 18.7 Å². The standard InChI is InChI=1S/C23H22FN3O/c24-15-6-1-7-16-27-21-14-5-4-12-19(21)22(26-27)23(28)25-20-13-8-10-17-9-2-3-11-18(17)20/h2-5,8-14H,1,6-7,15-16H2,(H,25,28). The summed E-state index contributed by atoms with van der Waals surface area (Å²) in [6.07, 6.45) is 2.20. The number of aryl methyl sites for hydroxylation is 1. The fourth-order valence-corrected chi connectivity index (χ4v) is 3.51. The number of hydrogen-bond acceptors (Lipinski definition) is 2. The third-order valence-electron chi connectivity index (χ3n) is 4.91. The normalized spacial score (nSPS) is 11.2. The van der Waals surface area contributed by atoms with Crippen molar-refractivity contribution < 1.29 is 9.18 Å². The molecule has 4 rings (SSSR count). The van der Waals surface area contributed by atoms with Crippen LogP contribution in [-0.4, -0.2) is 22.4 Å². The topological polar surface area (TPSA) is 46.9 Å². The van der Waals surface area contributed by atoms with E-state index >= 15 is 0 Å². The maximum Gasteiger partial charge on any atom is 0.276 e. The number of nitrogens with one attached hydrogen (secondary N) is 1. The maximum absolute atomic E-state index is 13.0. The van der Waals surface area contributed by atoms with E-state index in [0.717, 1.165) is 40.2 Å². The average molecular weight is 375 g/mol. The van der Waals surface area contributed by atoms with E-state index in [-0.39, 0.29) is 12.6 Å². The molecule has 28 heavy (non-hydrogen) atoms. The van der Waals surface area contributed by atoms with Crippen molar-refractivity contribution in [3.63, 3.8) is 0 Å². The van der Waals surface area contributed by atoms with Crippen LogP contribution < -0.4 is 5.32 Å². The number of alkyl halides is 1. The summed E-state index contributed by atoms with van der Waals surface area (Å²) in [5, 5.41) is 10.5. The Hall–Kier alpha value is -3.21. The van der Waals surface area contributed by atoms with Gasteiger partial charge in [-0.2, -0.15) is 5.10 Å². The maximum atomic E-state index is 13.0. The Bertz CT molecular complexity index is 1110. The van der Waals surface area contributed by atoms with Gasteiger partial charge in [0.2, 0.25) is 0 Å². The molecule has 0 radical (unpaired) electrons. The van der Waals surface area contributed by atoms with Crippen molar-refractivity contribution in [3.05, 3.63) is 72.4 Å². The molecule has 0 aliphatic heterocycles. The van der Waals surface area contributed by atoms with Crippen LogP contribution in [0, 0.1) is 0 Å². The number of rotatable bonds is 7. The molecule has 0 spiro atoms. The Morgan fingerprint density at radius 1 is 0.893 bits per heavy atom. The molecular formula is C23H22FN3O. The second-order valence-electron chi connectivity index (χ2n) is 6.82. The van der Waals surface area contributed by atoms with E-state index in [9.17, 15) is 9.18 Å². The minimum Gasteiger partial charge on any atom is -0.320 e. The monoisotopic (exact) mass is 375 g/mol. The van der Waals surface area contributed by atoms with Crippen LogP contribution in [-0.2, 0) is 6.54 Å². The Balaban J connectivity index is 1.63. The molecule has 4 nitrogen and oxygen atoms in total. The molecule has 142 valence electrons. The van der Waals surface area contributed by atoms with Crippen LogP contribution in [0.15, 0.2) is 66.7 Å². The van der Waals surface area contributed by atoms with Gasteiger partial charge in [0.25, 0.3) is 5.91 Å². The van der Waals surface area contributed by atoms with Crippen molar-refractivity contribution in [2.75, 3.05) is 12.0 Å². The second kappa shape index (κ2) is 8.21. The summed E-state index contributed by atoms with van der Waals surface area (Å²) < 4.78 is 14.2. The third kappa shape index (κ3) is 3.60. The van der Waals surface area contributed by atoms with Crippen LogP contribution in [0.4, 0.5) is 10.1 Å². The number of aromatic nitrogens is 2. The summed E-state index contributed by atoms with van der Waals surface area (Å²) in [5.74, 6) is -0.227. The average Bonchev–Trinajstić information content (AvgIpc) is 3.10. The Morgan fingerprint density at radius 3 is 2.50 bits per heavy atom. The summed E-state index contributed by atoms with van der Waals surface area (Å²) in [6, 6.07) is 21.5. The van der Waals surface area contributed by atoms with Crippen LogP contribution in [0.3, 0.4) is 0 Å². The molecule has 4 aromatic rings. The van der Waals surface area contributed by atoms with Gasteiger partial charge in [-0.25, -0.2) is 0 Å². The van der Waals surface area contributed by atoms with Gasteiger partial charge in [0.05, 0.1) is 12.2 Å². The van der Waals surface area contributed by atoms with Gasteiger partial charge < -0.3 is 5.32 Å². The molecule has 5 heteroatoms. The lowest BCUT2D eigenvalue weighted by Gasteiger charge is -2.07. The Labute approximate surface area is 163 Å². The number of para-hydroxylation sites is 1. The predicted molar refractivity (Wildman–Crippen MR) is 111 cm³/mol. The van der Waals surface area contributed by atoms with Gasteiger partial charge in [-0.05, 0) is 36.8 Å². The van der Waals surface area contributed by atoms with E-state index in [1.807, 2.05) is 71.4 Å². The summed E-state index contributed by atoms with van der Waals surface area (Å²) in [5.41, 5.74) is 2.10. The van der Waals surface area contributed by atoms with Gasteiger partial charge in [-0.15, -0.1) is 0 Å². The number of halogens is 1. The van der Waals surface area contributed by atoms with Crippen molar-refractivity contribution >= 4 is 33.3 Å². The van der Waals surface area contributed by atoms with Gasteiger partial charge in [0, 0.05) is 23.0 Å². The number of unbranched alkanes of at least 4 members (excludes halogenated alkanes) is 2. The second-order valence-corrected chi connectivity index (χ2v) is 6.82. The molecule has 0 saturated carbocycles. The summed E-state index contributed by atoms with van der Waals surface area (Å²) >= 11 is 0. The highest BCUT2D eigenvalue weighted by Crippen LogP contribution is 2.25. The van der Waals surface area contributed by atoms with Crippen molar-refractivity contribution in [1.82, 2.24) is 9.78 Å². The first-order chi connectivity index (χ1) is 13.8. The minimum atomic E-state index is -0.293. The van der Waals surface area contributed by atoms with E-state index in [2.05, 4.69) is 10.4 Å². The highest BCUT2D eigenvalue weighted by atomic mass is 19.1.